The molecular formula is C11H24N2. The van der Waals surface area contributed by atoms with Crippen molar-refractivity contribution in [2.24, 2.45) is 5.73 Å². The third kappa shape index (κ3) is 5.27. The van der Waals surface area contributed by atoms with Crippen LogP contribution in [-0.4, -0.2) is 24.2 Å². The summed E-state index contributed by atoms with van der Waals surface area (Å²) >= 11 is 0. The maximum Gasteiger partial charge on any atom is 0.0572 e. The molecule has 0 aliphatic carbocycles. The van der Waals surface area contributed by atoms with Crippen LogP contribution in [-0.2, 0) is 0 Å². The minimum absolute atomic E-state index is 0.367. The highest BCUT2D eigenvalue weighted by Crippen LogP contribution is 2.13. The van der Waals surface area contributed by atoms with Gasteiger partial charge in [-0.05, 0) is 6.42 Å². The lowest BCUT2D eigenvalue weighted by Crippen LogP contribution is -2.28. The molecular weight excluding hydrogens is 160 g/mol. The van der Waals surface area contributed by atoms with Gasteiger partial charge in [0, 0.05) is 13.1 Å². The minimum Gasteiger partial charge on any atom is -0.316 e. The Hall–Kier alpha value is -0.0800. The number of nitrogens with zero attached hydrogens (tertiary/aromatic N) is 1. The molecule has 0 spiro atoms. The van der Waals surface area contributed by atoms with Gasteiger partial charge in [-0.15, -0.1) is 0 Å². The molecule has 1 fully saturated rings. The second kappa shape index (κ2) is 6.39. The molecule has 0 radical (unpaired) electrons. The van der Waals surface area contributed by atoms with Gasteiger partial charge in [-0.1, -0.05) is 45.4 Å². The summed E-state index contributed by atoms with van der Waals surface area (Å²) in [5.41, 5.74) is 5.95. The summed E-state index contributed by atoms with van der Waals surface area (Å²) in [4.78, 5) is 2.34. The normalized spacial score (nSPS) is 18.9. The zero-order chi connectivity index (χ0) is 9.52. The first kappa shape index (κ1) is 11.0. The fourth-order valence-electron chi connectivity index (χ4n) is 1.71. The minimum atomic E-state index is 0.367. The van der Waals surface area contributed by atoms with Crippen molar-refractivity contribution in [2.75, 3.05) is 13.1 Å². The first-order chi connectivity index (χ1) is 6.34. The predicted molar refractivity (Wildman–Crippen MR) is 57.5 cm³/mol. The van der Waals surface area contributed by atoms with Crippen LogP contribution < -0.4 is 5.73 Å². The van der Waals surface area contributed by atoms with E-state index in [-0.39, 0.29) is 0 Å². The molecule has 2 nitrogen and oxygen atoms in total. The highest BCUT2D eigenvalue weighted by Gasteiger charge is 2.23. The summed E-state index contributed by atoms with van der Waals surface area (Å²) in [6, 6.07) is 0. The molecule has 2 heteroatoms. The van der Waals surface area contributed by atoms with E-state index in [1.807, 2.05) is 0 Å². The quantitative estimate of drug-likeness (QED) is 0.463. The van der Waals surface area contributed by atoms with Crippen LogP contribution in [0.5, 0.6) is 0 Å². The average molecular weight is 184 g/mol. The largest absolute Gasteiger partial charge is 0.316 e. The lowest BCUT2D eigenvalue weighted by Gasteiger charge is -2.11. The lowest BCUT2D eigenvalue weighted by atomic mass is 10.1. The smallest absolute Gasteiger partial charge is 0.0572 e. The van der Waals surface area contributed by atoms with Gasteiger partial charge in [-0.2, -0.15) is 0 Å². The third-order valence-corrected chi connectivity index (χ3v) is 2.80. The van der Waals surface area contributed by atoms with Crippen LogP contribution in [0.3, 0.4) is 0 Å². The molecule has 1 unspecified atom stereocenters. The second-order valence-corrected chi connectivity index (χ2v) is 4.16. The highest BCUT2D eigenvalue weighted by atomic mass is 15.3. The van der Waals surface area contributed by atoms with Crippen molar-refractivity contribution < 1.29 is 0 Å². The molecule has 0 bridgehead atoms. The van der Waals surface area contributed by atoms with Gasteiger partial charge in [0.25, 0.3) is 0 Å². The van der Waals surface area contributed by atoms with E-state index in [2.05, 4.69) is 11.8 Å². The van der Waals surface area contributed by atoms with E-state index in [1.54, 1.807) is 0 Å². The van der Waals surface area contributed by atoms with Crippen LogP contribution in [0.1, 0.15) is 51.9 Å². The van der Waals surface area contributed by atoms with Crippen LogP contribution >= 0.6 is 0 Å². The molecule has 1 atom stereocenters. The van der Waals surface area contributed by atoms with Crippen molar-refractivity contribution in [2.45, 2.75) is 58.0 Å². The molecule has 78 valence electrons. The monoisotopic (exact) mass is 184 g/mol. The van der Waals surface area contributed by atoms with Gasteiger partial charge < -0.3 is 5.73 Å². The van der Waals surface area contributed by atoms with Crippen molar-refractivity contribution in [1.29, 1.82) is 0 Å². The first-order valence-electron chi connectivity index (χ1n) is 5.84. The van der Waals surface area contributed by atoms with Gasteiger partial charge in [0.15, 0.2) is 0 Å². The molecule has 13 heavy (non-hydrogen) atoms. The molecule has 0 aromatic heterocycles. The van der Waals surface area contributed by atoms with Crippen LogP contribution in [0.2, 0.25) is 0 Å². The summed E-state index contributed by atoms with van der Waals surface area (Å²) < 4.78 is 0. The van der Waals surface area contributed by atoms with Crippen molar-refractivity contribution in [3.05, 3.63) is 0 Å². The fourth-order valence-corrected chi connectivity index (χ4v) is 1.71. The zero-order valence-electron chi connectivity index (χ0n) is 8.97. The van der Waals surface area contributed by atoms with E-state index >= 15 is 0 Å². The Labute approximate surface area is 82.5 Å². The maximum atomic E-state index is 5.95. The Balaban J connectivity index is 1.77. The lowest BCUT2D eigenvalue weighted by molar-refractivity contribution is 0.371. The molecule has 1 aliphatic heterocycles. The van der Waals surface area contributed by atoms with E-state index in [9.17, 15) is 0 Å². The van der Waals surface area contributed by atoms with Crippen molar-refractivity contribution in [3.63, 3.8) is 0 Å². The second-order valence-electron chi connectivity index (χ2n) is 4.16. The summed E-state index contributed by atoms with van der Waals surface area (Å²) in [7, 11) is 0. The molecule has 1 aliphatic rings. The summed E-state index contributed by atoms with van der Waals surface area (Å²) in [6.07, 6.45) is 9.82. The first-order valence-corrected chi connectivity index (χ1v) is 5.84. The molecule has 2 N–H and O–H groups in total. The SMILES string of the molecule is CCCCCCCCC(N)N1CC1. The van der Waals surface area contributed by atoms with E-state index in [1.165, 1.54) is 58.0 Å². The number of rotatable bonds is 8. The molecule has 0 saturated carbocycles. The number of hydrogen-bond donors (Lipinski definition) is 1. The van der Waals surface area contributed by atoms with Crippen LogP contribution in [0.15, 0.2) is 0 Å². The van der Waals surface area contributed by atoms with Crippen molar-refractivity contribution in [1.82, 2.24) is 4.90 Å². The Bertz CT molecular complexity index is 121. The maximum absolute atomic E-state index is 5.95. The standard InChI is InChI=1S/C11H24N2/c1-2-3-4-5-6-7-8-11(12)13-9-10-13/h11H,2-10,12H2,1H3. The van der Waals surface area contributed by atoms with Crippen LogP contribution in [0.25, 0.3) is 0 Å². The fraction of sp³-hybridized carbons (Fsp3) is 1.00. The Morgan fingerprint density at radius 3 is 2.31 bits per heavy atom. The van der Waals surface area contributed by atoms with Crippen molar-refractivity contribution >= 4 is 0 Å². The molecule has 1 rings (SSSR count). The van der Waals surface area contributed by atoms with Gasteiger partial charge >= 0.3 is 0 Å². The van der Waals surface area contributed by atoms with Gasteiger partial charge in [0.1, 0.15) is 0 Å². The van der Waals surface area contributed by atoms with Gasteiger partial charge in [0.2, 0.25) is 0 Å². The number of nitrogens with two attached hydrogens (primary N) is 1. The van der Waals surface area contributed by atoms with Gasteiger partial charge in [0.05, 0.1) is 6.17 Å². The summed E-state index contributed by atoms with van der Waals surface area (Å²) in [5, 5.41) is 0. The number of unbranched alkanes of at least 4 members (excludes halogenated alkanes) is 5. The van der Waals surface area contributed by atoms with E-state index < -0.39 is 0 Å². The topological polar surface area (TPSA) is 29.0 Å². The Morgan fingerprint density at radius 1 is 1.08 bits per heavy atom. The molecule has 1 saturated heterocycles. The predicted octanol–water partition coefficient (Wildman–Crippen LogP) is 2.34. The van der Waals surface area contributed by atoms with E-state index in [0.717, 1.165) is 0 Å². The van der Waals surface area contributed by atoms with Gasteiger partial charge in [-0.25, -0.2) is 0 Å². The molecule has 0 aromatic rings. The zero-order valence-corrected chi connectivity index (χ0v) is 8.97. The highest BCUT2D eigenvalue weighted by molar-refractivity contribution is 4.77. The van der Waals surface area contributed by atoms with E-state index in [0.29, 0.717) is 6.17 Å². The average Bonchev–Trinajstić information content (AvgIpc) is 2.93. The van der Waals surface area contributed by atoms with E-state index in [4.69, 9.17) is 5.73 Å². The molecule has 0 aromatic carbocycles. The van der Waals surface area contributed by atoms with Crippen LogP contribution in [0, 0.1) is 0 Å². The Morgan fingerprint density at radius 2 is 1.69 bits per heavy atom. The summed E-state index contributed by atoms with van der Waals surface area (Å²) in [5.74, 6) is 0. The van der Waals surface area contributed by atoms with Crippen LogP contribution in [0.4, 0.5) is 0 Å². The third-order valence-electron chi connectivity index (χ3n) is 2.80. The summed E-state index contributed by atoms with van der Waals surface area (Å²) in [6.45, 7) is 4.73. The van der Waals surface area contributed by atoms with Crippen molar-refractivity contribution in [3.8, 4) is 0 Å². The number of hydrogen-bond acceptors (Lipinski definition) is 2. The Kier molecular flexibility index (Phi) is 5.40. The van der Waals surface area contributed by atoms with Gasteiger partial charge in [-0.3, -0.25) is 4.90 Å². The molecule has 0 amide bonds. The molecule has 1 heterocycles.